The number of fused-ring (bicyclic) bond motifs is 3. The molecule has 0 radical (unpaired) electrons. The van der Waals surface area contributed by atoms with E-state index in [0.29, 0.717) is 23.7 Å². The second-order valence-corrected chi connectivity index (χ2v) is 6.27. The summed E-state index contributed by atoms with van der Waals surface area (Å²) in [4.78, 5) is 31.3. The summed E-state index contributed by atoms with van der Waals surface area (Å²) >= 11 is 0. The SMILES string of the molecule is C[C@@H](O)CCCCC(=O)c1nc(C(=O)O)cc2c1[nH]c1ccccc12. The topological polar surface area (TPSA) is 103 Å². The van der Waals surface area contributed by atoms with Crippen LogP contribution in [0.2, 0.25) is 0 Å². The van der Waals surface area contributed by atoms with E-state index in [0.717, 1.165) is 17.3 Å². The number of carbonyl (C=O) groups is 2. The number of aromatic nitrogens is 2. The summed E-state index contributed by atoms with van der Waals surface area (Å²) in [5.41, 5.74) is 1.45. The maximum absolute atomic E-state index is 12.6. The molecule has 6 nitrogen and oxygen atoms in total. The van der Waals surface area contributed by atoms with Crippen molar-refractivity contribution in [2.45, 2.75) is 38.7 Å². The maximum atomic E-state index is 12.6. The molecule has 6 heteroatoms. The molecule has 0 spiro atoms. The van der Waals surface area contributed by atoms with E-state index in [9.17, 15) is 19.8 Å². The first kappa shape index (κ1) is 17.1. The Morgan fingerprint density at radius 2 is 1.96 bits per heavy atom. The van der Waals surface area contributed by atoms with E-state index < -0.39 is 5.97 Å². The Labute approximate surface area is 144 Å². The van der Waals surface area contributed by atoms with Gasteiger partial charge in [-0.05, 0) is 31.9 Å². The second kappa shape index (κ2) is 7.03. The lowest BCUT2D eigenvalue weighted by molar-refractivity contribution is 0.0690. The minimum absolute atomic E-state index is 0.135. The molecule has 0 aliphatic carbocycles. The van der Waals surface area contributed by atoms with Crippen LogP contribution in [0.1, 0.15) is 53.6 Å². The summed E-state index contributed by atoms with van der Waals surface area (Å²) in [5, 5.41) is 20.2. The van der Waals surface area contributed by atoms with Crippen molar-refractivity contribution in [1.29, 1.82) is 0 Å². The summed E-state index contributed by atoms with van der Waals surface area (Å²) < 4.78 is 0. The highest BCUT2D eigenvalue weighted by molar-refractivity contribution is 6.15. The average molecular weight is 340 g/mol. The number of aliphatic hydroxyl groups is 1. The van der Waals surface area contributed by atoms with E-state index in [1.54, 1.807) is 6.92 Å². The van der Waals surface area contributed by atoms with Crippen molar-refractivity contribution < 1.29 is 19.8 Å². The largest absolute Gasteiger partial charge is 0.477 e. The number of aromatic amines is 1. The number of Topliss-reactive ketones (excluding diaryl/α,β-unsaturated/α-hetero) is 1. The minimum atomic E-state index is -1.16. The third kappa shape index (κ3) is 3.53. The van der Waals surface area contributed by atoms with Crippen LogP contribution < -0.4 is 0 Å². The molecule has 3 aromatic rings. The van der Waals surface area contributed by atoms with Crippen molar-refractivity contribution in [3.8, 4) is 0 Å². The van der Waals surface area contributed by atoms with Crippen LogP contribution in [0, 0.1) is 0 Å². The van der Waals surface area contributed by atoms with E-state index >= 15 is 0 Å². The van der Waals surface area contributed by atoms with Gasteiger partial charge < -0.3 is 15.2 Å². The van der Waals surface area contributed by atoms with Crippen LogP contribution in [0.4, 0.5) is 0 Å². The van der Waals surface area contributed by atoms with E-state index in [4.69, 9.17) is 0 Å². The van der Waals surface area contributed by atoms with Crippen molar-refractivity contribution >= 4 is 33.6 Å². The average Bonchev–Trinajstić information content (AvgIpc) is 2.96. The highest BCUT2D eigenvalue weighted by atomic mass is 16.4. The van der Waals surface area contributed by atoms with Crippen LogP contribution in [0.5, 0.6) is 0 Å². The third-order valence-corrected chi connectivity index (χ3v) is 4.26. The molecular formula is C19H20N2O4. The fourth-order valence-electron chi connectivity index (χ4n) is 3.00. The Hall–Kier alpha value is -2.73. The number of carboxylic acid groups (broad SMARTS) is 1. The number of para-hydroxylation sites is 1. The molecule has 0 unspecified atom stereocenters. The monoisotopic (exact) mass is 340 g/mol. The fourth-order valence-corrected chi connectivity index (χ4v) is 3.00. The fraction of sp³-hybridized carbons (Fsp3) is 0.316. The van der Waals surface area contributed by atoms with Crippen molar-refractivity contribution in [3.05, 3.63) is 41.7 Å². The van der Waals surface area contributed by atoms with E-state index in [1.165, 1.54) is 6.07 Å². The molecule has 130 valence electrons. The molecule has 3 rings (SSSR count). The zero-order valence-electron chi connectivity index (χ0n) is 14.0. The first-order chi connectivity index (χ1) is 12.0. The Morgan fingerprint density at radius 3 is 2.68 bits per heavy atom. The standard InChI is InChI=1S/C19H20N2O4/c1-11(22)6-2-5-9-16(23)18-17-13(10-15(21-18)19(24)25)12-7-3-4-8-14(12)20-17/h3-4,7-8,10-11,20,22H,2,5-6,9H2,1H3,(H,24,25)/t11-/m1/s1. The summed E-state index contributed by atoms with van der Waals surface area (Å²) in [6.07, 6.45) is 1.89. The lowest BCUT2D eigenvalue weighted by Crippen LogP contribution is -2.09. The van der Waals surface area contributed by atoms with Gasteiger partial charge in [0, 0.05) is 22.7 Å². The number of H-pyrrole nitrogens is 1. The lowest BCUT2D eigenvalue weighted by atomic mass is 10.0. The number of nitrogens with one attached hydrogen (secondary N) is 1. The predicted octanol–water partition coefficient (Wildman–Crippen LogP) is 3.54. The number of nitrogens with zero attached hydrogens (tertiary/aromatic N) is 1. The number of unbranched alkanes of at least 4 members (excludes halogenated alkanes) is 1. The molecule has 0 aliphatic rings. The number of pyridine rings is 1. The third-order valence-electron chi connectivity index (χ3n) is 4.26. The highest BCUT2D eigenvalue weighted by Gasteiger charge is 2.19. The predicted molar refractivity (Wildman–Crippen MR) is 95.0 cm³/mol. The van der Waals surface area contributed by atoms with Crippen molar-refractivity contribution in [2.75, 3.05) is 0 Å². The quantitative estimate of drug-likeness (QED) is 0.451. The van der Waals surface area contributed by atoms with Crippen LogP contribution in [-0.4, -0.2) is 38.0 Å². The molecule has 0 fully saturated rings. The Morgan fingerprint density at radius 1 is 1.20 bits per heavy atom. The number of benzene rings is 1. The zero-order chi connectivity index (χ0) is 18.0. The van der Waals surface area contributed by atoms with Crippen LogP contribution in [0.25, 0.3) is 21.8 Å². The van der Waals surface area contributed by atoms with Crippen LogP contribution >= 0.6 is 0 Å². The molecule has 3 N–H and O–H groups in total. The maximum Gasteiger partial charge on any atom is 0.354 e. The summed E-state index contributed by atoms with van der Waals surface area (Å²) in [6, 6.07) is 9.01. The number of rotatable bonds is 7. The summed E-state index contributed by atoms with van der Waals surface area (Å²) in [7, 11) is 0. The number of carbonyl (C=O) groups excluding carboxylic acids is 1. The van der Waals surface area contributed by atoms with Gasteiger partial charge in [-0.1, -0.05) is 24.6 Å². The molecule has 0 saturated heterocycles. The number of ketones is 1. The molecular weight excluding hydrogens is 320 g/mol. The second-order valence-electron chi connectivity index (χ2n) is 6.27. The minimum Gasteiger partial charge on any atom is -0.477 e. The van der Waals surface area contributed by atoms with Gasteiger partial charge in [0.15, 0.2) is 5.78 Å². The zero-order valence-corrected chi connectivity index (χ0v) is 14.0. The van der Waals surface area contributed by atoms with Gasteiger partial charge in [0.05, 0.1) is 11.6 Å². The van der Waals surface area contributed by atoms with Gasteiger partial charge in [0.2, 0.25) is 0 Å². The van der Waals surface area contributed by atoms with Crippen LogP contribution in [0.3, 0.4) is 0 Å². The first-order valence-electron chi connectivity index (χ1n) is 8.33. The number of hydrogen-bond donors (Lipinski definition) is 3. The number of carboxylic acids is 1. The molecule has 0 aliphatic heterocycles. The highest BCUT2D eigenvalue weighted by Crippen LogP contribution is 2.28. The van der Waals surface area contributed by atoms with E-state index in [2.05, 4.69) is 9.97 Å². The first-order valence-corrected chi connectivity index (χ1v) is 8.33. The number of aromatic carboxylic acids is 1. The van der Waals surface area contributed by atoms with Gasteiger partial charge in [-0.2, -0.15) is 0 Å². The molecule has 0 amide bonds. The van der Waals surface area contributed by atoms with Crippen LogP contribution in [0.15, 0.2) is 30.3 Å². The van der Waals surface area contributed by atoms with Crippen molar-refractivity contribution in [1.82, 2.24) is 9.97 Å². The van der Waals surface area contributed by atoms with Gasteiger partial charge in [-0.15, -0.1) is 0 Å². The smallest absolute Gasteiger partial charge is 0.354 e. The number of hydrogen-bond acceptors (Lipinski definition) is 4. The lowest BCUT2D eigenvalue weighted by Gasteiger charge is -2.05. The number of aliphatic hydroxyl groups excluding tert-OH is 1. The van der Waals surface area contributed by atoms with Crippen LogP contribution in [-0.2, 0) is 0 Å². The molecule has 25 heavy (non-hydrogen) atoms. The van der Waals surface area contributed by atoms with Gasteiger partial charge in [0.25, 0.3) is 0 Å². The van der Waals surface area contributed by atoms with Crippen molar-refractivity contribution in [2.24, 2.45) is 0 Å². The molecule has 0 saturated carbocycles. The van der Waals surface area contributed by atoms with Gasteiger partial charge >= 0.3 is 5.97 Å². The van der Waals surface area contributed by atoms with Crippen molar-refractivity contribution in [3.63, 3.8) is 0 Å². The summed E-state index contributed by atoms with van der Waals surface area (Å²) in [6.45, 7) is 1.72. The molecule has 0 bridgehead atoms. The van der Waals surface area contributed by atoms with Gasteiger partial charge in [-0.25, -0.2) is 9.78 Å². The Kier molecular flexibility index (Phi) is 4.81. The molecule has 2 heterocycles. The Bertz CT molecular complexity index is 943. The Balaban J connectivity index is 2.00. The molecule has 1 atom stereocenters. The molecule has 1 aromatic carbocycles. The van der Waals surface area contributed by atoms with Gasteiger partial charge in [0.1, 0.15) is 11.4 Å². The van der Waals surface area contributed by atoms with E-state index in [-0.39, 0.29) is 29.7 Å². The van der Waals surface area contributed by atoms with E-state index in [1.807, 2.05) is 24.3 Å². The van der Waals surface area contributed by atoms with Gasteiger partial charge in [-0.3, -0.25) is 4.79 Å². The normalized spacial score (nSPS) is 12.6. The molecule has 2 aromatic heterocycles. The summed E-state index contributed by atoms with van der Waals surface area (Å²) in [5.74, 6) is -1.35.